The third-order valence-corrected chi connectivity index (χ3v) is 11.0. The predicted octanol–water partition coefficient (Wildman–Crippen LogP) is 3.84. The van der Waals surface area contributed by atoms with Crippen LogP contribution in [0.5, 0.6) is 0 Å². The molecule has 2 nitrogen and oxygen atoms in total. The predicted molar refractivity (Wildman–Crippen MR) is 73.8 cm³/mol. The zero-order valence-electron chi connectivity index (χ0n) is 11.6. The van der Waals surface area contributed by atoms with E-state index in [4.69, 9.17) is 9.51 Å². The summed E-state index contributed by atoms with van der Waals surface area (Å²) in [5, 5.41) is 6.64. The zero-order chi connectivity index (χ0) is 12.3. The Balaban J connectivity index is 4.86. The van der Waals surface area contributed by atoms with Gasteiger partial charge >= 0.3 is 0 Å². The molecule has 2 atom stereocenters. The normalized spacial score (nSPS) is 20.8. The molecule has 4 heteroatoms. The fourth-order valence-corrected chi connectivity index (χ4v) is 9.95. The van der Waals surface area contributed by atoms with Gasteiger partial charge in [0.1, 0.15) is 0 Å². The first kappa shape index (κ1) is 15.4. The van der Waals surface area contributed by atoms with Gasteiger partial charge in [-0.05, 0) is 30.7 Å². The van der Waals surface area contributed by atoms with E-state index in [9.17, 15) is 0 Å². The highest BCUT2D eigenvalue weighted by Gasteiger charge is 2.44. The molecule has 0 aliphatic rings. The molecule has 2 N–H and O–H groups in total. The quantitative estimate of drug-likeness (QED) is 0.724. The van der Waals surface area contributed by atoms with Crippen LogP contribution in [0.4, 0.5) is 0 Å². The first-order chi connectivity index (χ1) is 6.67. The molecule has 0 saturated carbocycles. The van der Waals surface area contributed by atoms with Crippen LogP contribution in [0.15, 0.2) is 0 Å². The maximum atomic E-state index is 6.64. The van der Waals surface area contributed by atoms with Gasteiger partial charge in [0.25, 0.3) is 8.48 Å². The highest BCUT2D eigenvalue weighted by atomic mass is 28.4. The van der Waals surface area contributed by atoms with E-state index in [2.05, 4.69) is 47.3 Å². The summed E-state index contributed by atoms with van der Waals surface area (Å²) in [6.07, 6.45) is 2.27. The van der Waals surface area contributed by atoms with E-state index in [1.807, 2.05) is 0 Å². The summed E-state index contributed by atoms with van der Waals surface area (Å²) in [4.78, 5) is 0. The largest absolute Gasteiger partial charge is 0.444 e. The lowest BCUT2D eigenvalue weighted by Gasteiger charge is -2.41. The van der Waals surface area contributed by atoms with Gasteiger partial charge in [0, 0.05) is 0 Å². The molecule has 0 bridgehead atoms. The second kappa shape index (κ2) is 5.61. The molecule has 15 heavy (non-hydrogen) atoms. The summed E-state index contributed by atoms with van der Waals surface area (Å²) in [7, 11) is -3.54. The van der Waals surface area contributed by atoms with Crippen LogP contribution in [-0.2, 0) is 4.12 Å². The Bertz CT molecular complexity index is 182. The standard InChI is InChI=1S/C11H29NOSi2/c1-8-10(3)15(12,11(4)9-2)13-14(5,6)7/h10-11H,8-9,12H2,1-7H3. The van der Waals surface area contributed by atoms with Crippen LogP contribution in [0.3, 0.4) is 0 Å². The van der Waals surface area contributed by atoms with Crippen molar-refractivity contribution in [2.45, 2.75) is 71.3 Å². The summed E-state index contributed by atoms with van der Waals surface area (Å²) in [6.45, 7) is 15.7. The summed E-state index contributed by atoms with van der Waals surface area (Å²) in [6, 6.07) is 0. The minimum atomic E-state index is -2.03. The van der Waals surface area contributed by atoms with Crippen molar-refractivity contribution in [1.82, 2.24) is 0 Å². The average molecular weight is 248 g/mol. The zero-order valence-corrected chi connectivity index (χ0v) is 13.6. The summed E-state index contributed by atoms with van der Waals surface area (Å²) >= 11 is 0. The number of hydrogen-bond acceptors (Lipinski definition) is 2. The molecule has 0 aliphatic heterocycles. The molecular weight excluding hydrogens is 218 g/mol. The fourth-order valence-electron chi connectivity index (χ4n) is 1.86. The van der Waals surface area contributed by atoms with Gasteiger partial charge in [-0.3, -0.25) is 0 Å². The van der Waals surface area contributed by atoms with E-state index in [0.29, 0.717) is 11.1 Å². The van der Waals surface area contributed by atoms with Crippen LogP contribution >= 0.6 is 0 Å². The third-order valence-electron chi connectivity index (χ3n) is 3.25. The second-order valence-electron chi connectivity index (χ2n) is 5.69. The highest BCUT2D eigenvalue weighted by Crippen LogP contribution is 2.35. The molecule has 0 aromatic heterocycles. The molecule has 0 aliphatic carbocycles. The molecule has 0 radical (unpaired) electrons. The summed E-state index contributed by atoms with van der Waals surface area (Å²) in [5.74, 6) is 0. The molecule has 0 spiro atoms. The number of hydrogen-bond donors (Lipinski definition) is 1. The van der Waals surface area contributed by atoms with E-state index in [1.165, 1.54) is 0 Å². The molecule has 0 amide bonds. The topological polar surface area (TPSA) is 35.2 Å². The maximum Gasteiger partial charge on any atom is 0.261 e. The minimum Gasteiger partial charge on any atom is -0.444 e. The van der Waals surface area contributed by atoms with Gasteiger partial charge in [-0.15, -0.1) is 0 Å². The van der Waals surface area contributed by atoms with E-state index in [-0.39, 0.29) is 0 Å². The van der Waals surface area contributed by atoms with Gasteiger partial charge in [-0.1, -0.05) is 40.5 Å². The van der Waals surface area contributed by atoms with Crippen LogP contribution in [0.2, 0.25) is 30.7 Å². The Kier molecular flexibility index (Phi) is 5.75. The van der Waals surface area contributed by atoms with Gasteiger partial charge in [-0.25, -0.2) is 0 Å². The Morgan fingerprint density at radius 1 is 1.00 bits per heavy atom. The molecule has 0 rings (SSSR count). The van der Waals surface area contributed by atoms with E-state index in [0.717, 1.165) is 12.8 Å². The SMILES string of the molecule is CCC(C)[Si](N)(O[Si](C)(C)C)C(C)CC. The van der Waals surface area contributed by atoms with E-state index in [1.54, 1.807) is 0 Å². The van der Waals surface area contributed by atoms with Crippen molar-refractivity contribution < 1.29 is 4.12 Å². The van der Waals surface area contributed by atoms with Crippen LogP contribution in [0.25, 0.3) is 0 Å². The van der Waals surface area contributed by atoms with E-state index < -0.39 is 16.8 Å². The van der Waals surface area contributed by atoms with Crippen LogP contribution in [0.1, 0.15) is 40.5 Å². The fraction of sp³-hybridized carbons (Fsp3) is 1.00. The monoisotopic (exact) mass is 247 g/mol. The molecule has 92 valence electrons. The lowest BCUT2D eigenvalue weighted by atomic mass is 10.4. The van der Waals surface area contributed by atoms with Crippen molar-refractivity contribution in [1.29, 1.82) is 0 Å². The van der Waals surface area contributed by atoms with Crippen molar-refractivity contribution in [3.63, 3.8) is 0 Å². The smallest absolute Gasteiger partial charge is 0.261 e. The van der Waals surface area contributed by atoms with Gasteiger partial charge in [-0.2, -0.15) is 0 Å². The van der Waals surface area contributed by atoms with Crippen molar-refractivity contribution in [3.05, 3.63) is 0 Å². The molecule has 0 saturated heterocycles. The van der Waals surface area contributed by atoms with Crippen molar-refractivity contribution in [3.8, 4) is 0 Å². The Morgan fingerprint density at radius 2 is 1.33 bits per heavy atom. The first-order valence-electron chi connectivity index (χ1n) is 6.16. The van der Waals surface area contributed by atoms with Crippen LogP contribution < -0.4 is 5.40 Å². The van der Waals surface area contributed by atoms with Gasteiger partial charge < -0.3 is 9.51 Å². The van der Waals surface area contributed by atoms with Crippen LogP contribution in [0, 0.1) is 0 Å². The van der Waals surface area contributed by atoms with Crippen LogP contribution in [-0.4, -0.2) is 16.8 Å². The Hall–Kier alpha value is 0.354. The first-order valence-corrected chi connectivity index (χ1v) is 11.7. The van der Waals surface area contributed by atoms with Crippen molar-refractivity contribution in [2.24, 2.45) is 5.40 Å². The number of rotatable bonds is 6. The summed E-state index contributed by atoms with van der Waals surface area (Å²) < 4.78 is 6.39. The molecule has 0 aromatic rings. The second-order valence-corrected chi connectivity index (χ2v) is 14.4. The summed E-state index contributed by atoms with van der Waals surface area (Å²) in [5.41, 5.74) is 1.11. The third kappa shape index (κ3) is 4.38. The maximum absolute atomic E-state index is 6.64. The Labute approximate surface area is 97.9 Å². The molecule has 2 unspecified atom stereocenters. The van der Waals surface area contributed by atoms with Gasteiger partial charge in [0.2, 0.25) is 0 Å². The van der Waals surface area contributed by atoms with Gasteiger partial charge in [0.05, 0.1) is 0 Å². The molecule has 0 heterocycles. The molecule has 0 aromatic carbocycles. The van der Waals surface area contributed by atoms with Crippen molar-refractivity contribution in [2.75, 3.05) is 0 Å². The average Bonchev–Trinajstić information content (AvgIpc) is 2.12. The lowest BCUT2D eigenvalue weighted by Crippen LogP contribution is -2.60. The van der Waals surface area contributed by atoms with Gasteiger partial charge in [0.15, 0.2) is 8.32 Å². The van der Waals surface area contributed by atoms with Crippen molar-refractivity contribution >= 4 is 16.8 Å². The number of nitrogens with two attached hydrogens (primary N) is 1. The van der Waals surface area contributed by atoms with E-state index >= 15 is 0 Å². The Morgan fingerprint density at radius 3 is 1.53 bits per heavy atom. The minimum absolute atomic E-state index is 0.555. The molecule has 0 fully saturated rings. The lowest BCUT2D eigenvalue weighted by molar-refractivity contribution is 0.479. The molecular formula is C11H29NOSi2. The highest BCUT2D eigenvalue weighted by molar-refractivity contribution is 6.85.